The lowest BCUT2D eigenvalue weighted by Gasteiger charge is -2.17. The van der Waals surface area contributed by atoms with Crippen LogP contribution in [0.25, 0.3) is 0 Å². The Hall–Kier alpha value is -3.85. The van der Waals surface area contributed by atoms with Crippen LogP contribution in [0.1, 0.15) is 24.8 Å². The molecule has 4 rings (SSSR count). The predicted molar refractivity (Wildman–Crippen MR) is 130 cm³/mol. The third-order valence-electron chi connectivity index (χ3n) is 5.29. The Morgan fingerprint density at radius 3 is 2.47 bits per heavy atom. The summed E-state index contributed by atoms with van der Waals surface area (Å²) in [6, 6.07) is 20.2. The SMILES string of the molecule is O=C1CCc2cc(OCCCC(=O)Nc3ccccc3NS(=O)(=O)c3ccccc3)ccc2N1. The van der Waals surface area contributed by atoms with Crippen LogP contribution in [0.3, 0.4) is 0 Å². The molecule has 0 saturated heterocycles. The number of aryl methyl sites for hydroxylation is 1. The third-order valence-corrected chi connectivity index (χ3v) is 6.67. The summed E-state index contributed by atoms with van der Waals surface area (Å²) in [5, 5.41) is 5.60. The lowest BCUT2D eigenvalue weighted by Crippen LogP contribution is -2.19. The van der Waals surface area contributed by atoms with Gasteiger partial charge in [-0.15, -0.1) is 0 Å². The van der Waals surface area contributed by atoms with E-state index in [1.807, 2.05) is 12.1 Å². The molecule has 0 aliphatic carbocycles. The van der Waals surface area contributed by atoms with Gasteiger partial charge in [0, 0.05) is 18.5 Å². The Morgan fingerprint density at radius 2 is 1.68 bits per heavy atom. The fourth-order valence-electron chi connectivity index (χ4n) is 3.57. The summed E-state index contributed by atoms with van der Waals surface area (Å²) >= 11 is 0. The summed E-state index contributed by atoms with van der Waals surface area (Å²) in [5.74, 6) is 0.459. The number of carbonyl (C=O) groups excluding carboxylic acids is 2. The molecule has 1 heterocycles. The van der Waals surface area contributed by atoms with E-state index in [1.54, 1.807) is 48.5 Å². The number of sulfonamides is 1. The molecule has 0 bridgehead atoms. The van der Waals surface area contributed by atoms with E-state index in [1.165, 1.54) is 12.1 Å². The fraction of sp³-hybridized carbons (Fsp3) is 0.200. The zero-order valence-corrected chi connectivity index (χ0v) is 19.2. The van der Waals surface area contributed by atoms with E-state index >= 15 is 0 Å². The smallest absolute Gasteiger partial charge is 0.261 e. The summed E-state index contributed by atoms with van der Waals surface area (Å²) < 4.78 is 33.5. The first-order chi connectivity index (χ1) is 16.4. The minimum absolute atomic E-state index is 0.0154. The van der Waals surface area contributed by atoms with Crippen LogP contribution in [0.4, 0.5) is 17.1 Å². The molecule has 8 nitrogen and oxygen atoms in total. The molecule has 2 amide bonds. The lowest BCUT2D eigenvalue weighted by molar-refractivity contribution is -0.117. The number of anilines is 3. The molecule has 1 aliphatic rings. The van der Waals surface area contributed by atoms with Gasteiger partial charge in [0.05, 0.1) is 22.9 Å². The van der Waals surface area contributed by atoms with Gasteiger partial charge >= 0.3 is 0 Å². The largest absolute Gasteiger partial charge is 0.494 e. The highest BCUT2D eigenvalue weighted by Crippen LogP contribution is 2.27. The number of hydrogen-bond donors (Lipinski definition) is 3. The Labute approximate surface area is 198 Å². The van der Waals surface area contributed by atoms with Crippen LogP contribution >= 0.6 is 0 Å². The number of para-hydroxylation sites is 2. The van der Waals surface area contributed by atoms with E-state index in [9.17, 15) is 18.0 Å². The van der Waals surface area contributed by atoms with E-state index in [0.29, 0.717) is 37.3 Å². The fourth-order valence-corrected chi connectivity index (χ4v) is 4.67. The normalized spacial score (nSPS) is 12.9. The molecule has 0 atom stereocenters. The molecule has 0 radical (unpaired) electrons. The highest BCUT2D eigenvalue weighted by atomic mass is 32.2. The Bertz CT molecular complexity index is 1290. The van der Waals surface area contributed by atoms with Gasteiger partial charge in [0.1, 0.15) is 5.75 Å². The second-order valence-electron chi connectivity index (χ2n) is 7.83. The molecule has 1 aliphatic heterocycles. The first-order valence-corrected chi connectivity index (χ1v) is 12.4. The topological polar surface area (TPSA) is 114 Å². The van der Waals surface area contributed by atoms with Crippen molar-refractivity contribution in [2.24, 2.45) is 0 Å². The Kier molecular flexibility index (Phi) is 7.12. The van der Waals surface area contributed by atoms with Crippen LogP contribution in [-0.4, -0.2) is 26.8 Å². The van der Waals surface area contributed by atoms with Gasteiger partial charge in [-0.1, -0.05) is 30.3 Å². The predicted octanol–water partition coefficient (Wildman–Crippen LogP) is 4.17. The maximum atomic E-state index is 12.6. The van der Waals surface area contributed by atoms with Crippen LogP contribution in [-0.2, 0) is 26.0 Å². The number of nitrogens with one attached hydrogen (secondary N) is 3. The van der Waals surface area contributed by atoms with Gasteiger partial charge in [0.25, 0.3) is 10.0 Å². The van der Waals surface area contributed by atoms with Gasteiger partial charge in [0.2, 0.25) is 11.8 Å². The van der Waals surface area contributed by atoms with E-state index in [0.717, 1.165) is 11.3 Å². The third kappa shape index (κ3) is 5.93. The van der Waals surface area contributed by atoms with Crippen LogP contribution in [0.5, 0.6) is 5.75 Å². The van der Waals surface area contributed by atoms with E-state index < -0.39 is 10.0 Å². The molecule has 3 aromatic carbocycles. The Morgan fingerprint density at radius 1 is 0.941 bits per heavy atom. The second-order valence-corrected chi connectivity index (χ2v) is 9.51. The van der Waals surface area contributed by atoms with Crippen molar-refractivity contribution in [2.75, 3.05) is 22.0 Å². The highest BCUT2D eigenvalue weighted by molar-refractivity contribution is 7.92. The minimum Gasteiger partial charge on any atom is -0.494 e. The molecule has 9 heteroatoms. The van der Waals surface area contributed by atoms with Crippen molar-refractivity contribution in [1.29, 1.82) is 0 Å². The van der Waals surface area contributed by atoms with Gasteiger partial charge in [-0.25, -0.2) is 8.42 Å². The highest BCUT2D eigenvalue weighted by Gasteiger charge is 2.17. The summed E-state index contributed by atoms with van der Waals surface area (Å²) in [7, 11) is -3.78. The van der Waals surface area contributed by atoms with Crippen molar-refractivity contribution < 1.29 is 22.7 Å². The molecule has 34 heavy (non-hydrogen) atoms. The van der Waals surface area contributed by atoms with E-state index in [-0.39, 0.29) is 28.8 Å². The summed E-state index contributed by atoms with van der Waals surface area (Å²) in [6.45, 7) is 0.348. The first kappa shape index (κ1) is 23.3. The quantitative estimate of drug-likeness (QED) is 0.399. The average molecular weight is 480 g/mol. The lowest BCUT2D eigenvalue weighted by atomic mass is 10.0. The Balaban J connectivity index is 1.29. The number of rotatable bonds is 9. The molecule has 0 fully saturated rings. The zero-order chi connectivity index (χ0) is 24.0. The number of amides is 2. The molecule has 0 unspecified atom stereocenters. The first-order valence-electron chi connectivity index (χ1n) is 10.9. The maximum absolute atomic E-state index is 12.6. The zero-order valence-electron chi connectivity index (χ0n) is 18.4. The van der Waals surface area contributed by atoms with E-state index in [4.69, 9.17) is 4.74 Å². The van der Waals surface area contributed by atoms with Crippen molar-refractivity contribution in [3.05, 3.63) is 78.4 Å². The molecule has 3 aromatic rings. The van der Waals surface area contributed by atoms with Gasteiger partial charge in [0.15, 0.2) is 0 Å². The van der Waals surface area contributed by atoms with Crippen LogP contribution < -0.4 is 20.1 Å². The number of fused-ring (bicyclic) bond motifs is 1. The summed E-state index contributed by atoms with van der Waals surface area (Å²) in [4.78, 5) is 24.0. The van der Waals surface area contributed by atoms with Crippen molar-refractivity contribution in [3.63, 3.8) is 0 Å². The number of ether oxygens (including phenoxy) is 1. The average Bonchev–Trinajstić information content (AvgIpc) is 2.83. The van der Waals surface area contributed by atoms with Crippen molar-refractivity contribution >= 4 is 38.9 Å². The monoisotopic (exact) mass is 479 g/mol. The molecule has 3 N–H and O–H groups in total. The summed E-state index contributed by atoms with van der Waals surface area (Å²) in [6.07, 6.45) is 1.83. The molecular formula is C25H25N3O5S. The van der Waals surface area contributed by atoms with Crippen molar-refractivity contribution in [2.45, 2.75) is 30.6 Å². The molecular weight excluding hydrogens is 454 g/mol. The standard InChI is InChI=1S/C25H25N3O5S/c29-24(11-6-16-33-19-13-14-21-18(17-19)12-15-25(30)26-21)27-22-9-4-5-10-23(22)28-34(31,32)20-7-2-1-3-8-20/h1-5,7-10,13-14,17,28H,6,11-12,15-16H2,(H,26,30)(H,27,29). The van der Waals surface area contributed by atoms with Gasteiger partial charge in [-0.2, -0.15) is 0 Å². The van der Waals surface area contributed by atoms with Crippen LogP contribution in [0.15, 0.2) is 77.7 Å². The van der Waals surface area contributed by atoms with Crippen LogP contribution in [0.2, 0.25) is 0 Å². The number of benzene rings is 3. The van der Waals surface area contributed by atoms with Gasteiger partial charge in [-0.3, -0.25) is 14.3 Å². The molecule has 176 valence electrons. The molecule has 0 spiro atoms. The number of carbonyl (C=O) groups is 2. The van der Waals surface area contributed by atoms with Gasteiger partial charge < -0.3 is 15.4 Å². The molecule has 0 saturated carbocycles. The minimum atomic E-state index is -3.78. The van der Waals surface area contributed by atoms with Crippen LogP contribution in [0, 0.1) is 0 Å². The number of hydrogen-bond acceptors (Lipinski definition) is 5. The second kappa shape index (κ2) is 10.4. The van der Waals surface area contributed by atoms with Crippen molar-refractivity contribution in [3.8, 4) is 5.75 Å². The van der Waals surface area contributed by atoms with Gasteiger partial charge in [-0.05, 0) is 60.9 Å². The van der Waals surface area contributed by atoms with E-state index in [2.05, 4.69) is 15.4 Å². The van der Waals surface area contributed by atoms with Crippen molar-refractivity contribution in [1.82, 2.24) is 0 Å². The molecule has 0 aromatic heterocycles. The summed E-state index contributed by atoms with van der Waals surface area (Å²) in [5.41, 5.74) is 2.51. The maximum Gasteiger partial charge on any atom is 0.261 e.